The number of nitrogens with zero attached hydrogens (tertiary/aromatic N) is 2. The van der Waals surface area contributed by atoms with Crippen LogP contribution in [0, 0.1) is 11.3 Å². The van der Waals surface area contributed by atoms with Crippen LogP contribution in [-0.4, -0.2) is 55.6 Å². The second kappa shape index (κ2) is 9.29. The largest absolute Gasteiger partial charge is 0.367 e. The van der Waals surface area contributed by atoms with Crippen molar-refractivity contribution in [2.75, 3.05) is 26.7 Å². The van der Waals surface area contributed by atoms with Gasteiger partial charge in [-0.2, -0.15) is 5.26 Å². The first-order valence-electron chi connectivity index (χ1n) is 10.5. The summed E-state index contributed by atoms with van der Waals surface area (Å²) in [5.41, 5.74) is 4.87. The molecule has 0 aromatic heterocycles. The van der Waals surface area contributed by atoms with Crippen LogP contribution in [0.5, 0.6) is 0 Å². The summed E-state index contributed by atoms with van der Waals surface area (Å²) in [6, 6.07) is 15.4. The van der Waals surface area contributed by atoms with Crippen LogP contribution < -0.4 is 10.6 Å². The Morgan fingerprint density at radius 3 is 2.84 bits per heavy atom. The summed E-state index contributed by atoms with van der Waals surface area (Å²) in [5, 5.41) is 15.5. The number of nitrogens with one attached hydrogen (secondary N) is 2. The first-order valence-corrected chi connectivity index (χ1v) is 10.5. The van der Waals surface area contributed by atoms with E-state index in [-0.39, 0.29) is 11.8 Å². The van der Waals surface area contributed by atoms with Gasteiger partial charge in [0.05, 0.1) is 6.07 Å². The van der Waals surface area contributed by atoms with Crippen molar-refractivity contribution in [3.8, 4) is 17.2 Å². The Morgan fingerprint density at radius 1 is 1.29 bits per heavy atom. The second-order valence-electron chi connectivity index (χ2n) is 8.04. The van der Waals surface area contributed by atoms with Gasteiger partial charge >= 0.3 is 0 Å². The topological polar surface area (TPSA) is 94.5 Å². The van der Waals surface area contributed by atoms with Crippen molar-refractivity contribution in [1.29, 1.82) is 5.26 Å². The average Bonchev–Trinajstić information content (AvgIpc) is 2.95. The summed E-state index contributed by atoms with van der Waals surface area (Å²) in [5.74, 6) is -0.193. The SMILES string of the molecule is CN1Cc2cc(-c3ccc(C[C@H](C#N)NC(=O)[C@H]4CNCCCO4)cc3)ccc2C1=O. The predicted octanol–water partition coefficient (Wildman–Crippen LogP) is 1.87. The number of carbonyl (C=O) groups excluding carboxylic acids is 2. The van der Waals surface area contributed by atoms with E-state index in [4.69, 9.17) is 4.74 Å². The number of rotatable bonds is 5. The molecule has 7 heteroatoms. The molecule has 2 amide bonds. The van der Waals surface area contributed by atoms with Crippen molar-refractivity contribution in [2.24, 2.45) is 0 Å². The lowest BCUT2D eigenvalue weighted by molar-refractivity contribution is -0.132. The van der Waals surface area contributed by atoms with Crippen molar-refractivity contribution in [3.05, 3.63) is 59.2 Å². The summed E-state index contributed by atoms with van der Waals surface area (Å²) >= 11 is 0. The third-order valence-corrected chi connectivity index (χ3v) is 5.73. The molecule has 0 bridgehead atoms. The molecular formula is C24H26N4O3. The lowest BCUT2D eigenvalue weighted by Gasteiger charge is -2.18. The predicted molar refractivity (Wildman–Crippen MR) is 116 cm³/mol. The molecule has 2 aliphatic rings. The summed E-state index contributed by atoms with van der Waals surface area (Å²) in [7, 11) is 1.81. The molecular weight excluding hydrogens is 392 g/mol. The monoisotopic (exact) mass is 418 g/mol. The molecule has 31 heavy (non-hydrogen) atoms. The Bertz CT molecular complexity index is 1000. The van der Waals surface area contributed by atoms with Gasteiger partial charge in [0, 0.05) is 38.7 Å². The zero-order chi connectivity index (χ0) is 21.8. The van der Waals surface area contributed by atoms with Crippen molar-refractivity contribution >= 4 is 11.8 Å². The van der Waals surface area contributed by atoms with E-state index >= 15 is 0 Å². The fourth-order valence-electron chi connectivity index (χ4n) is 3.99. The van der Waals surface area contributed by atoms with E-state index < -0.39 is 12.1 Å². The molecule has 7 nitrogen and oxygen atoms in total. The molecule has 160 valence electrons. The number of fused-ring (bicyclic) bond motifs is 1. The van der Waals surface area contributed by atoms with Crippen molar-refractivity contribution in [1.82, 2.24) is 15.5 Å². The molecule has 0 unspecified atom stereocenters. The molecule has 2 N–H and O–H groups in total. The van der Waals surface area contributed by atoms with Crippen LogP contribution in [0.1, 0.15) is 27.9 Å². The minimum Gasteiger partial charge on any atom is -0.367 e. The minimum absolute atomic E-state index is 0.0616. The van der Waals surface area contributed by atoms with Gasteiger partial charge in [-0.15, -0.1) is 0 Å². The van der Waals surface area contributed by atoms with Gasteiger partial charge in [0.25, 0.3) is 11.8 Å². The number of benzene rings is 2. The van der Waals surface area contributed by atoms with Crippen molar-refractivity contribution < 1.29 is 14.3 Å². The molecule has 2 aliphatic heterocycles. The van der Waals surface area contributed by atoms with E-state index in [0.29, 0.717) is 26.1 Å². The molecule has 4 rings (SSSR count). The van der Waals surface area contributed by atoms with Crippen LogP contribution in [0.25, 0.3) is 11.1 Å². The van der Waals surface area contributed by atoms with Crippen LogP contribution in [0.3, 0.4) is 0 Å². The average molecular weight is 418 g/mol. The summed E-state index contributed by atoms with van der Waals surface area (Å²) in [6.07, 6.45) is 0.729. The highest BCUT2D eigenvalue weighted by Gasteiger charge is 2.25. The Morgan fingerprint density at radius 2 is 2.06 bits per heavy atom. The smallest absolute Gasteiger partial charge is 0.254 e. The fraction of sp³-hybridized carbons (Fsp3) is 0.375. The van der Waals surface area contributed by atoms with Gasteiger partial charge in [-0.25, -0.2) is 0 Å². The van der Waals surface area contributed by atoms with Crippen LogP contribution in [0.4, 0.5) is 0 Å². The Hall–Kier alpha value is -3.21. The van der Waals surface area contributed by atoms with E-state index in [1.165, 1.54) is 0 Å². The van der Waals surface area contributed by atoms with Gasteiger partial charge in [-0.1, -0.05) is 30.3 Å². The highest BCUT2D eigenvalue weighted by atomic mass is 16.5. The highest BCUT2D eigenvalue weighted by Crippen LogP contribution is 2.28. The summed E-state index contributed by atoms with van der Waals surface area (Å²) in [6.45, 7) is 2.46. The zero-order valence-electron chi connectivity index (χ0n) is 17.6. The van der Waals surface area contributed by atoms with Gasteiger partial charge in [0.1, 0.15) is 12.1 Å². The maximum atomic E-state index is 12.4. The van der Waals surface area contributed by atoms with Gasteiger partial charge in [0.15, 0.2) is 0 Å². The van der Waals surface area contributed by atoms with Crippen LogP contribution >= 0.6 is 0 Å². The number of hydrogen-bond donors (Lipinski definition) is 2. The van der Waals surface area contributed by atoms with Crippen molar-refractivity contribution in [2.45, 2.75) is 31.5 Å². The van der Waals surface area contributed by atoms with E-state index in [0.717, 1.165) is 40.8 Å². The maximum absolute atomic E-state index is 12.4. The van der Waals surface area contributed by atoms with E-state index in [9.17, 15) is 14.9 Å². The molecule has 2 aromatic rings. The first kappa shape index (κ1) is 21.0. The molecule has 1 saturated heterocycles. The Kier molecular flexibility index (Phi) is 6.31. The Labute approximate surface area is 182 Å². The van der Waals surface area contributed by atoms with Gasteiger partial charge in [-0.05, 0) is 47.4 Å². The first-order chi connectivity index (χ1) is 15.0. The Balaban J connectivity index is 1.40. The minimum atomic E-state index is -0.619. The lowest BCUT2D eigenvalue weighted by atomic mass is 9.98. The van der Waals surface area contributed by atoms with Crippen LogP contribution in [-0.2, 0) is 22.5 Å². The number of nitriles is 1. The molecule has 1 fully saturated rings. The summed E-state index contributed by atoms with van der Waals surface area (Å²) in [4.78, 5) is 26.2. The normalized spacial score (nSPS) is 19.3. The number of hydrogen-bond acceptors (Lipinski definition) is 5. The van der Waals surface area contributed by atoms with Crippen LogP contribution in [0.2, 0.25) is 0 Å². The quantitative estimate of drug-likeness (QED) is 0.773. The number of ether oxygens (including phenoxy) is 1. The molecule has 0 spiro atoms. The molecule has 2 atom stereocenters. The van der Waals surface area contributed by atoms with Gasteiger partial charge in [0.2, 0.25) is 0 Å². The molecule has 0 radical (unpaired) electrons. The molecule has 2 aromatic carbocycles. The fourth-order valence-corrected chi connectivity index (χ4v) is 3.99. The van der Waals surface area contributed by atoms with Gasteiger partial charge < -0.3 is 20.3 Å². The number of carbonyl (C=O) groups is 2. The molecule has 0 aliphatic carbocycles. The number of amides is 2. The third kappa shape index (κ3) is 4.76. The summed E-state index contributed by atoms with van der Waals surface area (Å²) < 4.78 is 5.56. The van der Waals surface area contributed by atoms with Crippen molar-refractivity contribution in [3.63, 3.8) is 0 Å². The molecule has 0 saturated carbocycles. The van der Waals surface area contributed by atoms with Gasteiger partial charge in [-0.3, -0.25) is 9.59 Å². The van der Waals surface area contributed by atoms with E-state index in [1.807, 2.05) is 36.4 Å². The standard InChI is InChI=1S/C24H26N4O3/c1-28-15-19-12-18(7-8-21(19)24(28)30)17-5-3-16(4-6-17)11-20(13-25)27-23(29)22-14-26-9-2-10-31-22/h3-8,12,20,22,26H,2,9-11,14-15H2,1H3,(H,27,29)/t20-,22-/m1/s1. The maximum Gasteiger partial charge on any atom is 0.254 e. The lowest BCUT2D eigenvalue weighted by Crippen LogP contribution is -2.46. The highest BCUT2D eigenvalue weighted by molar-refractivity contribution is 5.98. The zero-order valence-corrected chi connectivity index (χ0v) is 17.6. The van der Waals surface area contributed by atoms with E-state index in [1.54, 1.807) is 11.9 Å². The molecule has 2 heterocycles. The van der Waals surface area contributed by atoms with E-state index in [2.05, 4.69) is 22.8 Å². The third-order valence-electron chi connectivity index (χ3n) is 5.73. The van der Waals surface area contributed by atoms with Crippen LogP contribution in [0.15, 0.2) is 42.5 Å². The second-order valence-corrected chi connectivity index (χ2v) is 8.04.